The molecule has 142 valence electrons. The van der Waals surface area contributed by atoms with E-state index in [0.29, 0.717) is 11.7 Å². The van der Waals surface area contributed by atoms with Crippen molar-refractivity contribution in [2.75, 3.05) is 0 Å². The molecule has 0 fully saturated rings. The molecule has 4 nitrogen and oxygen atoms in total. The molecule has 1 aliphatic carbocycles. The molecule has 8 heteroatoms. The average Bonchev–Trinajstić information content (AvgIpc) is 2.66. The van der Waals surface area contributed by atoms with Gasteiger partial charge in [-0.2, -0.15) is 26.0 Å². The van der Waals surface area contributed by atoms with Gasteiger partial charge in [0.15, 0.2) is 0 Å². The monoisotopic (exact) mass is 387 g/mol. The van der Waals surface area contributed by atoms with Crippen LogP contribution in [0, 0.1) is 5.92 Å². The quantitative estimate of drug-likeness (QED) is 0.541. The predicted molar refractivity (Wildman–Crippen MR) is 94.5 cm³/mol. The van der Waals surface area contributed by atoms with E-state index < -0.39 is 15.5 Å². The van der Waals surface area contributed by atoms with E-state index in [0.717, 1.165) is 18.6 Å². The number of allylic oxidation sites excluding steroid dienone is 4. The Balaban J connectivity index is 2.14. The number of rotatable bonds is 4. The third kappa shape index (κ3) is 5.20. The molecule has 0 heterocycles. The van der Waals surface area contributed by atoms with Crippen LogP contribution in [-0.4, -0.2) is 19.6 Å². The molecular formula is C18H20F3NO3S. The fourth-order valence-corrected chi connectivity index (χ4v) is 3.14. The van der Waals surface area contributed by atoms with Crippen LogP contribution in [0.25, 0.3) is 0 Å². The highest BCUT2D eigenvalue weighted by atomic mass is 32.2. The van der Waals surface area contributed by atoms with Crippen molar-refractivity contribution in [2.24, 2.45) is 10.3 Å². The first-order chi connectivity index (χ1) is 12.0. The minimum atomic E-state index is -5.55. The van der Waals surface area contributed by atoms with Gasteiger partial charge in [0.25, 0.3) is 0 Å². The van der Waals surface area contributed by atoms with E-state index in [1.165, 1.54) is 24.6 Å². The number of hydrogen-bond donors (Lipinski definition) is 0. The smallest absolute Gasteiger partial charge is 0.462 e. The van der Waals surface area contributed by atoms with Crippen molar-refractivity contribution in [3.05, 3.63) is 53.3 Å². The summed E-state index contributed by atoms with van der Waals surface area (Å²) in [7, 11) is -5.55. The van der Waals surface area contributed by atoms with Crippen molar-refractivity contribution in [3.63, 3.8) is 0 Å². The Labute approximate surface area is 151 Å². The summed E-state index contributed by atoms with van der Waals surface area (Å²) in [4.78, 5) is 0. The maximum absolute atomic E-state index is 12.4. The highest BCUT2D eigenvalue weighted by Gasteiger charge is 2.46. The molecule has 0 bridgehead atoms. The van der Waals surface area contributed by atoms with E-state index in [1.54, 1.807) is 12.1 Å². The molecule has 1 aromatic carbocycles. The Morgan fingerprint density at radius 2 is 1.85 bits per heavy atom. The van der Waals surface area contributed by atoms with Crippen LogP contribution in [0.15, 0.2) is 52.1 Å². The fraction of sp³-hybridized carbons (Fsp3) is 0.389. The van der Waals surface area contributed by atoms with Gasteiger partial charge in [0.2, 0.25) is 0 Å². The largest absolute Gasteiger partial charge is 0.518 e. The Morgan fingerprint density at radius 3 is 2.42 bits per heavy atom. The minimum Gasteiger partial charge on any atom is -0.462 e. The van der Waals surface area contributed by atoms with Crippen molar-refractivity contribution in [1.82, 2.24) is 0 Å². The van der Waals surface area contributed by atoms with E-state index in [9.17, 15) is 21.6 Å². The molecule has 0 aromatic heterocycles. The lowest BCUT2D eigenvalue weighted by molar-refractivity contribution is -0.0435. The summed E-state index contributed by atoms with van der Waals surface area (Å²) < 4.78 is 68.1. The number of hydrogen-bond acceptors (Lipinski definition) is 3. The summed E-state index contributed by atoms with van der Waals surface area (Å²) in [6.07, 6.45) is 5.75. The molecule has 0 N–H and O–H groups in total. The van der Waals surface area contributed by atoms with Gasteiger partial charge in [-0.1, -0.05) is 18.6 Å². The zero-order valence-corrected chi connectivity index (χ0v) is 15.5. The van der Waals surface area contributed by atoms with E-state index in [2.05, 4.69) is 24.3 Å². The number of nitrogens with zero attached hydrogens (tertiary/aromatic N) is 1. The molecule has 1 atom stereocenters. The van der Waals surface area contributed by atoms with Gasteiger partial charge in [0.1, 0.15) is 11.5 Å². The molecule has 0 spiro atoms. The van der Waals surface area contributed by atoms with Crippen LogP contribution >= 0.6 is 0 Å². The SMILES string of the molecule is CC1=CC(C)CC(Oc2ccc(C(C)=NS(=O)(=O)C(F)(F)F)cc2)=CC1. The van der Waals surface area contributed by atoms with E-state index in [4.69, 9.17) is 4.74 Å². The highest BCUT2D eigenvalue weighted by molar-refractivity contribution is 7.91. The second-order valence-electron chi connectivity index (χ2n) is 6.29. The third-order valence-corrected chi connectivity index (χ3v) is 4.91. The van der Waals surface area contributed by atoms with Crippen LogP contribution in [0.1, 0.15) is 39.2 Å². The Hall–Kier alpha value is -2.09. The molecular weight excluding hydrogens is 367 g/mol. The van der Waals surface area contributed by atoms with Gasteiger partial charge in [-0.3, -0.25) is 0 Å². The summed E-state index contributed by atoms with van der Waals surface area (Å²) in [5.41, 5.74) is -4.11. The van der Waals surface area contributed by atoms with Crippen LogP contribution in [-0.2, 0) is 10.0 Å². The normalized spacial score (nSPS) is 19.5. The topological polar surface area (TPSA) is 55.7 Å². The molecule has 1 unspecified atom stereocenters. The van der Waals surface area contributed by atoms with E-state index in [1.807, 2.05) is 6.08 Å². The first kappa shape index (κ1) is 20.2. The van der Waals surface area contributed by atoms with Gasteiger partial charge in [-0.25, -0.2) is 0 Å². The molecule has 0 radical (unpaired) electrons. The molecule has 0 saturated heterocycles. The van der Waals surface area contributed by atoms with Crippen LogP contribution in [0.5, 0.6) is 5.75 Å². The number of alkyl halides is 3. The van der Waals surface area contributed by atoms with Crippen LogP contribution in [0.3, 0.4) is 0 Å². The number of benzene rings is 1. The second kappa shape index (κ2) is 7.65. The van der Waals surface area contributed by atoms with Gasteiger partial charge in [0, 0.05) is 6.42 Å². The summed E-state index contributed by atoms with van der Waals surface area (Å²) in [6.45, 7) is 5.36. The fourth-order valence-electron chi connectivity index (χ4n) is 2.57. The molecule has 1 aromatic rings. The van der Waals surface area contributed by atoms with Gasteiger partial charge >= 0.3 is 15.5 Å². The van der Waals surface area contributed by atoms with Crippen LogP contribution < -0.4 is 4.74 Å². The highest BCUT2D eigenvalue weighted by Crippen LogP contribution is 2.27. The van der Waals surface area contributed by atoms with Crippen molar-refractivity contribution < 1.29 is 26.3 Å². The van der Waals surface area contributed by atoms with Gasteiger partial charge in [-0.05, 0) is 62.1 Å². The van der Waals surface area contributed by atoms with Crippen molar-refractivity contribution in [2.45, 2.75) is 39.1 Å². The number of ether oxygens (including phenoxy) is 1. The lowest BCUT2D eigenvalue weighted by Crippen LogP contribution is -2.22. The maximum atomic E-state index is 12.4. The molecule has 2 rings (SSSR count). The molecule has 1 aliphatic rings. The molecule has 26 heavy (non-hydrogen) atoms. The maximum Gasteiger partial charge on any atom is 0.518 e. The van der Waals surface area contributed by atoms with Gasteiger partial charge < -0.3 is 4.74 Å². The molecule has 0 saturated carbocycles. The van der Waals surface area contributed by atoms with Crippen LogP contribution in [0.2, 0.25) is 0 Å². The van der Waals surface area contributed by atoms with Gasteiger partial charge in [-0.15, -0.1) is 0 Å². The first-order valence-electron chi connectivity index (χ1n) is 8.00. The third-order valence-electron chi connectivity index (χ3n) is 3.81. The molecule has 0 aliphatic heterocycles. The van der Waals surface area contributed by atoms with Crippen molar-refractivity contribution in [3.8, 4) is 5.75 Å². The van der Waals surface area contributed by atoms with E-state index in [-0.39, 0.29) is 11.3 Å². The van der Waals surface area contributed by atoms with Gasteiger partial charge in [0.05, 0.1) is 5.71 Å². The summed E-state index contributed by atoms with van der Waals surface area (Å²) in [5, 5.41) is 0. The predicted octanol–water partition coefficient (Wildman–Crippen LogP) is 4.98. The Bertz CT molecular complexity index is 851. The summed E-state index contributed by atoms with van der Waals surface area (Å²) in [5.74, 6) is 1.70. The summed E-state index contributed by atoms with van der Waals surface area (Å²) >= 11 is 0. The Kier molecular flexibility index (Phi) is 5.95. The zero-order chi connectivity index (χ0) is 19.5. The molecule has 0 amide bonds. The Morgan fingerprint density at radius 1 is 1.23 bits per heavy atom. The lowest BCUT2D eigenvalue weighted by Gasteiger charge is -2.12. The number of sulfonamides is 1. The van der Waals surface area contributed by atoms with E-state index >= 15 is 0 Å². The lowest BCUT2D eigenvalue weighted by atomic mass is 10.1. The van der Waals surface area contributed by atoms with Crippen molar-refractivity contribution in [1.29, 1.82) is 0 Å². The first-order valence-corrected chi connectivity index (χ1v) is 9.44. The zero-order valence-electron chi connectivity index (χ0n) is 14.7. The summed E-state index contributed by atoms with van der Waals surface area (Å²) in [6, 6.07) is 6.10. The van der Waals surface area contributed by atoms with Crippen LogP contribution in [0.4, 0.5) is 13.2 Å². The number of halogens is 3. The minimum absolute atomic E-state index is 0.240. The second-order valence-corrected chi connectivity index (χ2v) is 7.89. The average molecular weight is 387 g/mol. The standard InChI is InChI=1S/C18H20F3NO3S/c1-12-4-7-17(11-13(2)10-12)25-16-8-5-15(6-9-16)14(3)22-26(23,24)18(19,20)21/h5-10,13H,4,11H2,1-3H3. The van der Waals surface area contributed by atoms with Crippen molar-refractivity contribution >= 4 is 15.7 Å².